The molecule has 3 amide bonds. The molecule has 11 heteroatoms. The highest BCUT2D eigenvalue weighted by molar-refractivity contribution is 8.00. The summed E-state index contributed by atoms with van der Waals surface area (Å²) in [5.41, 5.74) is 2.15. The van der Waals surface area contributed by atoms with Crippen LogP contribution in [0.15, 0.2) is 47.6 Å². The maximum absolute atomic E-state index is 12.7. The van der Waals surface area contributed by atoms with Crippen molar-refractivity contribution in [3.8, 4) is 5.75 Å². The molecule has 10 nitrogen and oxygen atoms in total. The Balaban J connectivity index is 1.18. The first kappa shape index (κ1) is 22.9. The third kappa shape index (κ3) is 4.72. The van der Waals surface area contributed by atoms with Crippen LogP contribution in [0.25, 0.3) is 10.9 Å². The van der Waals surface area contributed by atoms with E-state index in [0.29, 0.717) is 48.1 Å². The van der Waals surface area contributed by atoms with Gasteiger partial charge in [-0.25, -0.2) is 9.78 Å². The molecule has 0 radical (unpaired) electrons. The number of hydrogen-bond donors (Lipinski definition) is 2. The van der Waals surface area contributed by atoms with Crippen LogP contribution in [0.4, 0.5) is 10.6 Å². The van der Waals surface area contributed by atoms with E-state index in [9.17, 15) is 14.4 Å². The van der Waals surface area contributed by atoms with Crippen molar-refractivity contribution in [3.05, 3.63) is 53.9 Å². The molecule has 2 aliphatic rings. The van der Waals surface area contributed by atoms with Crippen LogP contribution in [0, 0.1) is 0 Å². The van der Waals surface area contributed by atoms with E-state index in [2.05, 4.69) is 20.6 Å². The Morgan fingerprint density at radius 3 is 2.97 bits per heavy atom. The fourth-order valence-electron chi connectivity index (χ4n) is 4.14. The number of benzene rings is 1. The van der Waals surface area contributed by atoms with Gasteiger partial charge in [-0.15, -0.1) is 11.8 Å². The summed E-state index contributed by atoms with van der Waals surface area (Å²) in [4.78, 5) is 47.5. The molecule has 2 aromatic heterocycles. The van der Waals surface area contributed by atoms with Crippen molar-refractivity contribution in [1.82, 2.24) is 20.2 Å². The number of amides is 3. The summed E-state index contributed by atoms with van der Waals surface area (Å²) in [5, 5.41) is 6.45. The monoisotopic (exact) mass is 493 g/mol. The SMILES string of the molecule is COc1ccc2nccc([C@@H]3CN(CCCNC(=O)c4ccnc5c4SCC(=O)N5)C(=O)O3)c2c1. The van der Waals surface area contributed by atoms with E-state index in [0.717, 1.165) is 16.5 Å². The maximum Gasteiger partial charge on any atom is 0.410 e. The van der Waals surface area contributed by atoms with Gasteiger partial charge in [-0.1, -0.05) is 0 Å². The van der Waals surface area contributed by atoms with Crippen molar-refractivity contribution in [3.63, 3.8) is 0 Å². The summed E-state index contributed by atoms with van der Waals surface area (Å²) in [6.07, 6.45) is 2.97. The standard InChI is InChI=1S/C24H23N5O5S/c1-33-14-3-4-18-17(11-14)15(5-8-25-18)19-12-29(24(32)34-19)10-2-7-27-23(31)16-6-9-26-22-21(16)35-13-20(30)28-22/h3-6,8-9,11,19H,2,7,10,12-13H2,1H3,(H,27,31)(H,26,28,30)/t19-/m0/s1. The van der Waals surface area contributed by atoms with E-state index in [4.69, 9.17) is 9.47 Å². The predicted octanol–water partition coefficient (Wildman–Crippen LogP) is 3.00. The summed E-state index contributed by atoms with van der Waals surface area (Å²) in [5.74, 6) is 0.982. The molecule has 4 heterocycles. The van der Waals surface area contributed by atoms with Crippen molar-refractivity contribution in [2.75, 3.05) is 37.8 Å². The first-order valence-corrected chi connectivity index (χ1v) is 12.1. The quantitative estimate of drug-likeness (QED) is 0.482. The third-order valence-electron chi connectivity index (χ3n) is 5.86. The normalized spacial score (nSPS) is 17.1. The minimum Gasteiger partial charge on any atom is -0.497 e. The van der Waals surface area contributed by atoms with Gasteiger partial charge in [0.15, 0.2) is 0 Å². The van der Waals surface area contributed by atoms with Gasteiger partial charge in [0.05, 0.1) is 35.4 Å². The molecule has 2 aliphatic heterocycles. The topological polar surface area (TPSA) is 123 Å². The highest BCUT2D eigenvalue weighted by atomic mass is 32.2. The van der Waals surface area contributed by atoms with E-state index in [-0.39, 0.29) is 23.7 Å². The highest BCUT2D eigenvalue weighted by Gasteiger charge is 2.33. The van der Waals surface area contributed by atoms with Crippen LogP contribution in [0.1, 0.15) is 28.4 Å². The molecule has 0 bridgehead atoms. The molecule has 0 spiro atoms. The van der Waals surface area contributed by atoms with Crippen LogP contribution < -0.4 is 15.4 Å². The molecule has 0 unspecified atom stereocenters. The van der Waals surface area contributed by atoms with Crippen molar-refractivity contribution >= 4 is 46.4 Å². The van der Waals surface area contributed by atoms with E-state index in [1.807, 2.05) is 24.3 Å². The average Bonchev–Trinajstić information content (AvgIpc) is 3.25. The summed E-state index contributed by atoms with van der Waals surface area (Å²) >= 11 is 1.30. The van der Waals surface area contributed by atoms with Crippen LogP contribution in [0.5, 0.6) is 5.75 Å². The van der Waals surface area contributed by atoms with Gasteiger partial charge >= 0.3 is 6.09 Å². The predicted molar refractivity (Wildman–Crippen MR) is 130 cm³/mol. The van der Waals surface area contributed by atoms with Crippen molar-refractivity contribution in [1.29, 1.82) is 0 Å². The number of thioether (sulfide) groups is 1. The summed E-state index contributed by atoms with van der Waals surface area (Å²) in [7, 11) is 1.60. The zero-order valence-electron chi connectivity index (χ0n) is 18.9. The summed E-state index contributed by atoms with van der Waals surface area (Å²) < 4.78 is 11.0. The van der Waals surface area contributed by atoms with Crippen molar-refractivity contribution in [2.45, 2.75) is 17.4 Å². The molecule has 35 heavy (non-hydrogen) atoms. The maximum atomic E-state index is 12.7. The molecular formula is C24H23N5O5S. The van der Waals surface area contributed by atoms with E-state index >= 15 is 0 Å². The highest BCUT2D eigenvalue weighted by Crippen LogP contribution is 2.33. The largest absolute Gasteiger partial charge is 0.497 e. The van der Waals surface area contributed by atoms with Gasteiger partial charge in [-0.3, -0.25) is 14.6 Å². The number of pyridine rings is 2. The van der Waals surface area contributed by atoms with E-state index < -0.39 is 6.10 Å². The van der Waals surface area contributed by atoms with Crippen LogP contribution in [0.3, 0.4) is 0 Å². The molecule has 5 rings (SSSR count). The fourth-order valence-corrected chi connectivity index (χ4v) is 5.05. The smallest absolute Gasteiger partial charge is 0.410 e. The molecule has 1 atom stereocenters. The minimum absolute atomic E-state index is 0.137. The number of fused-ring (bicyclic) bond motifs is 2. The Morgan fingerprint density at radius 2 is 2.11 bits per heavy atom. The Bertz CT molecular complexity index is 1320. The Labute approximate surface area is 205 Å². The molecular weight excluding hydrogens is 470 g/mol. The lowest BCUT2D eigenvalue weighted by Gasteiger charge is -2.18. The number of nitrogens with zero attached hydrogens (tertiary/aromatic N) is 3. The number of hydrogen-bond acceptors (Lipinski definition) is 8. The third-order valence-corrected chi connectivity index (χ3v) is 6.97. The number of cyclic esters (lactones) is 1. The number of carbonyl (C=O) groups excluding carboxylic acids is 3. The van der Waals surface area contributed by atoms with Crippen molar-refractivity contribution < 1.29 is 23.9 Å². The molecule has 1 aromatic carbocycles. The lowest BCUT2D eigenvalue weighted by molar-refractivity contribution is -0.113. The Morgan fingerprint density at radius 1 is 1.26 bits per heavy atom. The number of anilines is 1. The van der Waals surface area contributed by atoms with Crippen LogP contribution >= 0.6 is 11.8 Å². The van der Waals surface area contributed by atoms with Gasteiger partial charge in [-0.2, -0.15) is 0 Å². The van der Waals surface area contributed by atoms with Gasteiger partial charge in [-0.05, 0) is 36.8 Å². The fraction of sp³-hybridized carbons (Fsp3) is 0.292. The second kappa shape index (κ2) is 9.79. The number of methoxy groups -OCH3 is 1. The summed E-state index contributed by atoms with van der Waals surface area (Å²) in [6, 6.07) is 9.11. The molecule has 1 saturated heterocycles. The number of rotatable bonds is 7. The summed E-state index contributed by atoms with van der Waals surface area (Å²) in [6.45, 7) is 1.25. The van der Waals surface area contributed by atoms with E-state index in [1.54, 1.807) is 24.3 Å². The number of ether oxygens (including phenoxy) is 2. The molecule has 0 saturated carbocycles. The van der Waals surface area contributed by atoms with E-state index in [1.165, 1.54) is 18.0 Å². The number of nitrogens with one attached hydrogen (secondary N) is 2. The lowest BCUT2D eigenvalue weighted by atomic mass is 10.0. The number of carbonyl (C=O) groups is 3. The van der Waals surface area contributed by atoms with Gasteiger partial charge in [0, 0.05) is 36.4 Å². The van der Waals surface area contributed by atoms with Crippen molar-refractivity contribution in [2.24, 2.45) is 0 Å². The Kier molecular flexibility index (Phi) is 6.41. The van der Waals surface area contributed by atoms with Crippen LogP contribution in [-0.2, 0) is 9.53 Å². The van der Waals surface area contributed by atoms with Gasteiger partial charge in [0.25, 0.3) is 5.91 Å². The molecule has 1 fully saturated rings. The van der Waals surface area contributed by atoms with Crippen LogP contribution in [0.2, 0.25) is 0 Å². The van der Waals surface area contributed by atoms with Gasteiger partial charge in [0.2, 0.25) is 5.91 Å². The molecule has 2 N–H and O–H groups in total. The number of aromatic nitrogens is 2. The molecule has 0 aliphatic carbocycles. The van der Waals surface area contributed by atoms with Gasteiger partial charge < -0.3 is 25.0 Å². The average molecular weight is 494 g/mol. The lowest BCUT2D eigenvalue weighted by Crippen LogP contribution is -2.31. The second-order valence-electron chi connectivity index (χ2n) is 8.08. The van der Waals surface area contributed by atoms with Crippen LogP contribution in [-0.4, -0.2) is 65.3 Å². The zero-order valence-corrected chi connectivity index (χ0v) is 19.8. The Hall–Kier alpha value is -3.86. The first-order chi connectivity index (χ1) is 17.0. The second-order valence-corrected chi connectivity index (χ2v) is 9.07. The van der Waals surface area contributed by atoms with Gasteiger partial charge in [0.1, 0.15) is 17.7 Å². The molecule has 180 valence electrons. The first-order valence-electron chi connectivity index (χ1n) is 11.1. The molecule has 3 aromatic rings. The minimum atomic E-state index is -0.412. The zero-order chi connectivity index (χ0) is 24.4.